The summed E-state index contributed by atoms with van der Waals surface area (Å²) in [5.41, 5.74) is 1.10. The number of fused-ring (bicyclic) bond motifs is 1. The van der Waals surface area contributed by atoms with Gasteiger partial charge in [0.25, 0.3) is 0 Å². The highest BCUT2D eigenvalue weighted by Crippen LogP contribution is 2.33. The molecule has 0 spiro atoms. The summed E-state index contributed by atoms with van der Waals surface area (Å²) in [5, 5.41) is 0.380. The molecular weight excluding hydrogens is 353 g/mol. The Labute approximate surface area is 152 Å². The number of hydrogen-bond donors (Lipinski definition) is 0. The molecule has 0 atom stereocenters. The molecule has 0 amide bonds. The maximum Gasteiger partial charge on any atom is 0.416 e. The molecule has 0 aliphatic carbocycles. The van der Waals surface area contributed by atoms with E-state index in [4.69, 9.17) is 4.42 Å². The van der Waals surface area contributed by atoms with Crippen molar-refractivity contribution in [1.29, 1.82) is 0 Å². The smallest absolute Gasteiger partial charge is 0.416 e. The molecule has 27 heavy (non-hydrogen) atoms. The van der Waals surface area contributed by atoms with Crippen molar-refractivity contribution in [3.8, 4) is 22.5 Å². The van der Waals surface area contributed by atoms with Crippen molar-refractivity contribution in [1.82, 2.24) is 0 Å². The molecule has 134 valence electrons. The van der Waals surface area contributed by atoms with Crippen molar-refractivity contribution in [2.45, 2.75) is 6.18 Å². The zero-order valence-corrected chi connectivity index (χ0v) is 14.0. The van der Waals surface area contributed by atoms with Gasteiger partial charge in [-0.15, -0.1) is 0 Å². The second-order valence-electron chi connectivity index (χ2n) is 6.13. The highest BCUT2D eigenvalue weighted by atomic mass is 19.4. The lowest BCUT2D eigenvalue weighted by atomic mass is 10.0. The third-order valence-electron chi connectivity index (χ3n) is 4.31. The Morgan fingerprint density at radius 2 is 1.41 bits per heavy atom. The van der Waals surface area contributed by atoms with Crippen molar-refractivity contribution >= 4 is 11.0 Å². The molecule has 4 rings (SSSR count). The van der Waals surface area contributed by atoms with Crippen LogP contribution in [0.4, 0.5) is 13.2 Å². The van der Waals surface area contributed by atoms with E-state index < -0.39 is 11.7 Å². The maximum absolute atomic E-state index is 13.0. The third-order valence-corrected chi connectivity index (χ3v) is 4.31. The first-order valence-electron chi connectivity index (χ1n) is 8.23. The lowest BCUT2D eigenvalue weighted by Crippen LogP contribution is -2.04. The molecule has 5 heteroatoms. The van der Waals surface area contributed by atoms with Gasteiger partial charge in [0, 0.05) is 11.6 Å². The van der Waals surface area contributed by atoms with Gasteiger partial charge in [-0.05, 0) is 35.4 Å². The molecule has 0 aliphatic heterocycles. The standard InChI is InChI=1S/C22H13F3O2/c23-22(24,25)17-8-4-7-15(11-17)16-9-10-18-19(26)13-20(27-21(18)12-16)14-5-2-1-3-6-14/h1-13H. The monoisotopic (exact) mass is 366 g/mol. The van der Waals surface area contributed by atoms with Gasteiger partial charge >= 0.3 is 6.18 Å². The Hall–Kier alpha value is -3.34. The topological polar surface area (TPSA) is 30.2 Å². The summed E-state index contributed by atoms with van der Waals surface area (Å²) in [7, 11) is 0. The molecule has 4 aromatic rings. The van der Waals surface area contributed by atoms with Gasteiger partial charge in [0.15, 0.2) is 5.43 Å². The molecule has 3 aromatic carbocycles. The molecule has 0 saturated heterocycles. The van der Waals surface area contributed by atoms with Crippen molar-refractivity contribution in [3.63, 3.8) is 0 Å². The summed E-state index contributed by atoms with van der Waals surface area (Å²) in [6.45, 7) is 0. The van der Waals surface area contributed by atoms with Gasteiger partial charge in [-0.1, -0.05) is 48.5 Å². The van der Waals surface area contributed by atoms with E-state index in [9.17, 15) is 18.0 Å². The first kappa shape index (κ1) is 17.1. The molecule has 0 radical (unpaired) electrons. The van der Waals surface area contributed by atoms with Gasteiger partial charge < -0.3 is 4.42 Å². The fourth-order valence-corrected chi connectivity index (χ4v) is 2.95. The van der Waals surface area contributed by atoms with Crippen LogP contribution in [0, 0.1) is 0 Å². The van der Waals surface area contributed by atoms with Crippen LogP contribution < -0.4 is 5.43 Å². The fraction of sp³-hybridized carbons (Fsp3) is 0.0455. The lowest BCUT2D eigenvalue weighted by molar-refractivity contribution is -0.137. The zero-order valence-electron chi connectivity index (χ0n) is 14.0. The minimum absolute atomic E-state index is 0.203. The zero-order chi connectivity index (χ0) is 19.0. The van der Waals surface area contributed by atoms with E-state index in [1.165, 1.54) is 12.1 Å². The van der Waals surface area contributed by atoms with E-state index in [1.54, 1.807) is 24.3 Å². The number of benzene rings is 3. The first-order chi connectivity index (χ1) is 12.9. The van der Waals surface area contributed by atoms with Crippen LogP contribution >= 0.6 is 0 Å². The Bertz CT molecular complexity index is 1180. The summed E-state index contributed by atoms with van der Waals surface area (Å²) in [6, 6.07) is 20.4. The van der Waals surface area contributed by atoms with E-state index in [1.807, 2.05) is 30.3 Å². The van der Waals surface area contributed by atoms with Crippen LogP contribution in [0.25, 0.3) is 33.4 Å². The summed E-state index contributed by atoms with van der Waals surface area (Å²) >= 11 is 0. The Kier molecular flexibility index (Phi) is 4.07. The molecule has 0 aliphatic rings. The predicted octanol–water partition coefficient (Wildman–Crippen LogP) is 6.15. The van der Waals surface area contributed by atoms with Gasteiger partial charge in [-0.25, -0.2) is 0 Å². The molecule has 1 heterocycles. The van der Waals surface area contributed by atoms with E-state index in [0.29, 0.717) is 27.9 Å². The quantitative estimate of drug-likeness (QED) is 0.426. The number of halogens is 3. The van der Waals surface area contributed by atoms with E-state index in [-0.39, 0.29) is 5.43 Å². The molecule has 0 unspecified atom stereocenters. The van der Waals surface area contributed by atoms with E-state index in [0.717, 1.165) is 17.7 Å². The number of hydrogen-bond acceptors (Lipinski definition) is 2. The third kappa shape index (κ3) is 3.36. The molecule has 0 N–H and O–H groups in total. The Balaban J connectivity index is 1.86. The normalized spacial score (nSPS) is 11.7. The fourth-order valence-electron chi connectivity index (χ4n) is 2.95. The molecule has 1 aromatic heterocycles. The van der Waals surface area contributed by atoms with Crippen LogP contribution in [0.5, 0.6) is 0 Å². The van der Waals surface area contributed by atoms with Crippen molar-refractivity contribution in [2.24, 2.45) is 0 Å². The molecule has 0 saturated carbocycles. The average molecular weight is 366 g/mol. The van der Waals surface area contributed by atoms with Gasteiger partial charge in [-0.2, -0.15) is 13.2 Å². The van der Waals surface area contributed by atoms with Crippen LogP contribution in [-0.2, 0) is 6.18 Å². The van der Waals surface area contributed by atoms with E-state index >= 15 is 0 Å². The van der Waals surface area contributed by atoms with Crippen LogP contribution in [0.3, 0.4) is 0 Å². The molecule has 2 nitrogen and oxygen atoms in total. The lowest BCUT2D eigenvalue weighted by Gasteiger charge is -2.09. The molecule has 0 fully saturated rings. The van der Waals surface area contributed by atoms with Crippen molar-refractivity contribution in [3.05, 3.63) is 94.6 Å². The molecule has 0 bridgehead atoms. The number of alkyl halides is 3. The summed E-state index contributed by atoms with van der Waals surface area (Å²) in [4.78, 5) is 12.4. The minimum Gasteiger partial charge on any atom is -0.456 e. The van der Waals surface area contributed by atoms with E-state index in [2.05, 4.69) is 0 Å². The maximum atomic E-state index is 13.0. The SMILES string of the molecule is O=c1cc(-c2ccccc2)oc2cc(-c3cccc(C(F)(F)F)c3)ccc12. The summed E-state index contributed by atoms with van der Waals surface area (Å²) in [5.74, 6) is 0.411. The summed E-state index contributed by atoms with van der Waals surface area (Å²) in [6.07, 6.45) is -4.42. The van der Waals surface area contributed by atoms with Crippen LogP contribution in [0.1, 0.15) is 5.56 Å². The highest BCUT2D eigenvalue weighted by Gasteiger charge is 2.30. The summed E-state index contributed by atoms with van der Waals surface area (Å²) < 4.78 is 44.8. The minimum atomic E-state index is -4.42. The second kappa shape index (κ2) is 6.43. The van der Waals surface area contributed by atoms with Crippen LogP contribution in [-0.4, -0.2) is 0 Å². The van der Waals surface area contributed by atoms with Gasteiger partial charge in [0.1, 0.15) is 11.3 Å². The van der Waals surface area contributed by atoms with Crippen molar-refractivity contribution < 1.29 is 17.6 Å². The second-order valence-corrected chi connectivity index (χ2v) is 6.13. The Morgan fingerprint density at radius 1 is 0.704 bits per heavy atom. The van der Waals surface area contributed by atoms with Gasteiger partial charge in [-0.3, -0.25) is 4.79 Å². The van der Waals surface area contributed by atoms with Crippen LogP contribution in [0.15, 0.2) is 88.1 Å². The Morgan fingerprint density at radius 3 is 2.15 bits per heavy atom. The van der Waals surface area contributed by atoms with Crippen LogP contribution in [0.2, 0.25) is 0 Å². The van der Waals surface area contributed by atoms with Gasteiger partial charge in [0.05, 0.1) is 10.9 Å². The van der Waals surface area contributed by atoms with Crippen molar-refractivity contribution in [2.75, 3.05) is 0 Å². The largest absolute Gasteiger partial charge is 0.456 e. The van der Waals surface area contributed by atoms with Gasteiger partial charge in [0.2, 0.25) is 0 Å². The predicted molar refractivity (Wildman–Crippen MR) is 98.4 cm³/mol. The first-order valence-corrected chi connectivity index (χ1v) is 8.23. The highest BCUT2D eigenvalue weighted by molar-refractivity contribution is 5.84. The molecular formula is C22H13F3O2. The number of rotatable bonds is 2. The average Bonchev–Trinajstić information content (AvgIpc) is 2.67.